The van der Waals surface area contributed by atoms with Gasteiger partial charge in [0.1, 0.15) is 12.4 Å². The SMILES string of the molecule is CC.CCCN(CCC)c1cc(N)nc(OCCNC2CCCCC2)c1. The highest BCUT2D eigenvalue weighted by Crippen LogP contribution is 2.23. The summed E-state index contributed by atoms with van der Waals surface area (Å²) in [6, 6.07) is 4.62. The zero-order chi connectivity index (χ0) is 19.2. The lowest BCUT2D eigenvalue weighted by Gasteiger charge is -2.24. The van der Waals surface area contributed by atoms with Crippen molar-refractivity contribution < 1.29 is 4.74 Å². The highest BCUT2D eigenvalue weighted by atomic mass is 16.5. The van der Waals surface area contributed by atoms with E-state index in [0.717, 1.165) is 38.2 Å². The molecule has 0 atom stereocenters. The molecule has 1 heterocycles. The molecular formula is C21H40N4O. The largest absolute Gasteiger partial charge is 0.476 e. The molecule has 1 aliphatic carbocycles. The number of nitrogen functional groups attached to an aromatic ring is 1. The number of aromatic nitrogens is 1. The zero-order valence-electron chi connectivity index (χ0n) is 17.4. The van der Waals surface area contributed by atoms with Gasteiger partial charge in [-0.3, -0.25) is 0 Å². The van der Waals surface area contributed by atoms with Gasteiger partial charge < -0.3 is 20.7 Å². The maximum Gasteiger partial charge on any atom is 0.217 e. The second-order valence-electron chi connectivity index (χ2n) is 6.71. The van der Waals surface area contributed by atoms with Crippen LogP contribution in [0.1, 0.15) is 72.6 Å². The summed E-state index contributed by atoms with van der Waals surface area (Å²) in [6.07, 6.45) is 8.91. The van der Waals surface area contributed by atoms with Crippen LogP contribution in [0.5, 0.6) is 5.88 Å². The molecule has 0 radical (unpaired) electrons. The van der Waals surface area contributed by atoms with Crippen molar-refractivity contribution in [1.82, 2.24) is 10.3 Å². The molecule has 0 saturated heterocycles. The number of nitrogens with one attached hydrogen (secondary N) is 1. The quantitative estimate of drug-likeness (QED) is 0.593. The molecule has 0 aliphatic heterocycles. The Balaban J connectivity index is 0.00000163. The van der Waals surface area contributed by atoms with Crippen LogP contribution in [0.15, 0.2) is 12.1 Å². The molecule has 1 aromatic rings. The fourth-order valence-corrected chi connectivity index (χ4v) is 3.40. The van der Waals surface area contributed by atoms with E-state index in [0.29, 0.717) is 24.3 Å². The summed E-state index contributed by atoms with van der Waals surface area (Å²) >= 11 is 0. The first-order chi connectivity index (χ1) is 12.7. The van der Waals surface area contributed by atoms with Crippen molar-refractivity contribution in [1.29, 1.82) is 0 Å². The fourth-order valence-electron chi connectivity index (χ4n) is 3.40. The van der Waals surface area contributed by atoms with E-state index >= 15 is 0 Å². The van der Waals surface area contributed by atoms with E-state index in [1.165, 1.54) is 32.1 Å². The van der Waals surface area contributed by atoms with Crippen LogP contribution in [0.25, 0.3) is 0 Å². The molecule has 3 N–H and O–H groups in total. The van der Waals surface area contributed by atoms with Gasteiger partial charge in [0, 0.05) is 43.5 Å². The Kier molecular flexibility index (Phi) is 11.9. The van der Waals surface area contributed by atoms with Gasteiger partial charge in [0.2, 0.25) is 5.88 Å². The van der Waals surface area contributed by atoms with Crippen LogP contribution >= 0.6 is 0 Å². The van der Waals surface area contributed by atoms with Gasteiger partial charge in [0.15, 0.2) is 0 Å². The number of hydrogen-bond acceptors (Lipinski definition) is 5. The molecule has 1 fully saturated rings. The van der Waals surface area contributed by atoms with Crippen molar-refractivity contribution in [2.45, 2.75) is 78.7 Å². The highest BCUT2D eigenvalue weighted by Gasteiger charge is 2.12. The van der Waals surface area contributed by atoms with E-state index in [9.17, 15) is 0 Å². The van der Waals surface area contributed by atoms with Gasteiger partial charge in [-0.2, -0.15) is 4.98 Å². The molecule has 0 unspecified atom stereocenters. The van der Waals surface area contributed by atoms with Gasteiger partial charge in [0.25, 0.3) is 0 Å². The average Bonchev–Trinajstić information content (AvgIpc) is 2.67. The molecule has 2 rings (SSSR count). The molecule has 5 heteroatoms. The number of pyridine rings is 1. The number of nitrogens with zero attached hydrogens (tertiary/aromatic N) is 2. The van der Waals surface area contributed by atoms with E-state index in [1.807, 2.05) is 26.0 Å². The Bertz CT molecular complexity index is 469. The summed E-state index contributed by atoms with van der Waals surface area (Å²) in [5.74, 6) is 1.16. The van der Waals surface area contributed by atoms with Crippen molar-refractivity contribution in [2.24, 2.45) is 0 Å². The first-order valence-electron chi connectivity index (χ1n) is 10.6. The van der Waals surface area contributed by atoms with Crippen LogP contribution in [0, 0.1) is 0 Å². The number of nitrogens with two attached hydrogens (primary N) is 1. The van der Waals surface area contributed by atoms with Crippen molar-refractivity contribution in [3.8, 4) is 5.88 Å². The third kappa shape index (κ3) is 8.26. The van der Waals surface area contributed by atoms with Crippen molar-refractivity contribution in [3.05, 3.63) is 12.1 Å². The monoisotopic (exact) mass is 364 g/mol. The Labute approximate surface area is 160 Å². The Morgan fingerprint density at radius 3 is 2.38 bits per heavy atom. The first-order valence-corrected chi connectivity index (χ1v) is 10.6. The van der Waals surface area contributed by atoms with E-state index in [4.69, 9.17) is 10.5 Å². The molecule has 0 aromatic carbocycles. The van der Waals surface area contributed by atoms with Crippen molar-refractivity contribution in [2.75, 3.05) is 36.9 Å². The summed E-state index contributed by atoms with van der Waals surface area (Å²) in [5.41, 5.74) is 7.09. The number of rotatable bonds is 10. The average molecular weight is 365 g/mol. The van der Waals surface area contributed by atoms with E-state index in [-0.39, 0.29) is 0 Å². The molecule has 1 aliphatic rings. The van der Waals surface area contributed by atoms with Crippen LogP contribution in [0.2, 0.25) is 0 Å². The highest BCUT2D eigenvalue weighted by molar-refractivity contribution is 5.55. The Morgan fingerprint density at radius 1 is 1.12 bits per heavy atom. The van der Waals surface area contributed by atoms with Crippen LogP contribution in [0.3, 0.4) is 0 Å². The normalized spacial score (nSPS) is 14.5. The standard InChI is InChI=1S/C19H34N4O.C2H6/c1-3-11-23(12-4-2)17-14-18(20)22-19(15-17)24-13-10-21-16-8-6-5-7-9-16;1-2/h14-16,21H,3-13H2,1-2H3,(H2,20,22);1-2H3. The smallest absolute Gasteiger partial charge is 0.217 e. The van der Waals surface area contributed by atoms with Gasteiger partial charge in [-0.1, -0.05) is 47.0 Å². The van der Waals surface area contributed by atoms with Crippen LogP contribution in [0.4, 0.5) is 11.5 Å². The van der Waals surface area contributed by atoms with Gasteiger partial charge in [0.05, 0.1) is 0 Å². The van der Waals surface area contributed by atoms with Crippen LogP contribution in [-0.2, 0) is 0 Å². The molecule has 0 spiro atoms. The van der Waals surface area contributed by atoms with Crippen LogP contribution < -0.4 is 20.7 Å². The lowest BCUT2D eigenvalue weighted by atomic mass is 9.96. The predicted octanol–water partition coefficient (Wildman–Crippen LogP) is 4.62. The number of ether oxygens (including phenoxy) is 1. The minimum absolute atomic E-state index is 0.528. The predicted molar refractivity (Wildman–Crippen MR) is 113 cm³/mol. The minimum Gasteiger partial charge on any atom is -0.476 e. The van der Waals surface area contributed by atoms with E-state index < -0.39 is 0 Å². The molecular weight excluding hydrogens is 324 g/mol. The Morgan fingerprint density at radius 2 is 1.77 bits per heavy atom. The minimum atomic E-state index is 0.528. The summed E-state index contributed by atoms with van der Waals surface area (Å²) in [6.45, 7) is 11.9. The number of hydrogen-bond donors (Lipinski definition) is 2. The summed E-state index contributed by atoms with van der Waals surface area (Å²) in [5, 5.41) is 3.59. The topological polar surface area (TPSA) is 63.4 Å². The van der Waals surface area contributed by atoms with Crippen molar-refractivity contribution in [3.63, 3.8) is 0 Å². The maximum absolute atomic E-state index is 5.98. The third-order valence-corrected chi connectivity index (χ3v) is 4.55. The first kappa shape index (κ1) is 22.6. The van der Waals surface area contributed by atoms with Gasteiger partial charge >= 0.3 is 0 Å². The molecule has 1 aromatic heterocycles. The molecule has 26 heavy (non-hydrogen) atoms. The molecule has 150 valence electrons. The van der Waals surface area contributed by atoms with E-state index in [1.54, 1.807) is 0 Å². The molecule has 5 nitrogen and oxygen atoms in total. The van der Waals surface area contributed by atoms with Crippen molar-refractivity contribution >= 4 is 11.5 Å². The molecule has 0 amide bonds. The van der Waals surface area contributed by atoms with Gasteiger partial charge in [-0.15, -0.1) is 0 Å². The van der Waals surface area contributed by atoms with Gasteiger partial charge in [-0.25, -0.2) is 0 Å². The summed E-state index contributed by atoms with van der Waals surface area (Å²) in [7, 11) is 0. The number of anilines is 2. The molecule has 1 saturated carbocycles. The molecule has 0 bridgehead atoms. The summed E-state index contributed by atoms with van der Waals surface area (Å²) in [4.78, 5) is 6.67. The Hall–Kier alpha value is -1.49. The summed E-state index contributed by atoms with van der Waals surface area (Å²) < 4.78 is 5.84. The zero-order valence-corrected chi connectivity index (χ0v) is 17.4. The fraction of sp³-hybridized carbons (Fsp3) is 0.762. The third-order valence-electron chi connectivity index (χ3n) is 4.55. The lowest BCUT2D eigenvalue weighted by Crippen LogP contribution is -2.34. The lowest BCUT2D eigenvalue weighted by molar-refractivity contribution is 0.281. The second-order valence-corrected chi connectivity index (χ2v) is 6.71. The van der Waals surface area contributed by atoms with Crippen LogP contribution in [-0.4, -0.2) is 37.3 Å². The second kappa shape index (κ2) is 13.7. The van der Waals surface area contributed by atoms with E-state index in [2.05, 4.69) is 29.0 Å². The maximum atomic E-state index is 5.98. The van der Waals surface area contributed by atoms with Gasteiger partial charge in [-0.05, 0) is 25.7 Å².